The van der Waals surface area contributed by atoms with Gasteiger partial charge in [0.25, 0.3) is 0 Å². The standard InChI is InChI=1S/C12H22O/c1-4-12(13)11-7-5-10(6-8-11)9(2)3/h9-11H,4-8H2,1-3H3. The minimum atomic E-state index is 0.403. The van der Waals surface area contributed by atoms with Crippen molar-refractivity contribution in [2.24, 2.45) is 17.8 Å². The van der Waals surface area contributed by atoms with Gasteiger partial charge in [-0.1, -0.05) is 20.8 Å². The van der Waals surface area contributed by atoms with Gasteiger partial charge in [0.2, 0.25) is 0 Å². The normalized spacial score (nSPS) is 29.2. The van der Waals surface area contributed by atoms with Gasteiger partial charge in [-0.25, -0.2) is 0 Å². The van der Waals surface area contributed by atoms with Crippen LogP contribution in [0.5, 0.6) is 0 Å². The molecule has 0 N–H and O–H groups in total. The summed E-state index contributed by atoms with van der Waals surface area (Å²) >= 11 is 0. The van der Waals surface area contributed by atoms with Crippen LogP contribution in [0.2, 0.25) is 0 Å². The van der Waals surface area contributed by atoms with Crippen LogP contribution in [0.15, 0.2) is 0 Å². The molecule has 0 amide bonds. The number of carbonyl (C=O) groups is 1. The summed E-state index contributed by atoms with van der Waals surface area (Å²) in [5.74, 6) is 2.57. The Labute approximate surface area is 81.9 Å². The van der Waals surface area contributed by atoms with E-state index in [0.717, 1.165) is 31.1 Å². The summed E-state index contributed by atoms with van der Waals surface area (Å²) in [5.41, 5.74) is 0. The van der Waals surface area contributed by atoms with Gasteiger partial charge in [-0.05, 0) is 37.5 Å². The average molecular weight is 182 g/mol. The van der Waals surface area contributed by atoms with Crippen molar-refractivity contribution in [2.45, 2.75) is 52.9 Å². The zero-order valence-electron chi connectivity index (χ0n) is 9.18. The monoisotopic (exact) mass is 182 g/mol. The second kappa shape index (κ2) is 4.78. The highest BCUT2D eigenvalue weighted by Crippen LogP contribution is 2.33. The van der Waals surface area contributed by atoms with Crippen LogP contribution in [0, 0.1) is 17.8 Å². The molecule has 0 unspecified atom stereocenters. The first kappa shape index (κ1) is 10.7. The summed E-state index contributed by atoms with van der Waals surface area (Å²) in [5, 5.41) is 0. The van der Waals surface area contributed by atoms with E-state index in [1.165, 1.54) is 12.8 Å². The number of hydrogen-bond donors (Lipinski definition) is 0. The molecule has 0 aromatic heterocycles. The van der Waals surface area contributed by atoms with Crippen molar-refractivity contribution >= 4 is 5.78 Å². The quantitative estimate of drug-likeness (QED) is 0.653. The van der Waals surface area contributed by atoms with Crippen LogP contribution in [0.4, 0.5) is 0 Å². The van der Waals surface area contributed by atoms with Gasteiger partial charge in [-0.2, -0.15) is 0 Å². The third kappa shape index (κ3) is 2.82. The fourth-order valence-corrected chi connectivity index (χ4v) is 2.40. The third-order valence-corrected chi connectivity index (χ3v) is 3.52. The lowest BCUT2D eigenvalue weighted by Crippen LogP contribution is -2.23. The maximum absolute atomic E-state index is 11.4. The largest absolute Gasteiger partial charge is 0.299 e. The maximum Gasteiger partial charge on any atom is 0.135 e. The molecule has 0 aliphatic heterocycles. The second-order valence-electron chi connectivity index (χ2n) is 4.68. The van der Waals surface area contributed by atoms with Gasteiger partial charge >= 0.3 is 0 Å². The maximum atomic E-state index is 11.4. The van der Waals surface area contributed by atoms with Crippen LogP contribution in [0.1, 0.15) is 52.9 Å². The molecule has 1 aliphatic rings. The van der Waals surface area contributed by atoms with E-state index in [2.05, 4.69) is 13.8 Å². The summed E-state index contributed by atoms with van der Waals surface area (Å²) in [6.07, 6.45) is 5.57. The zero-order chi connectivity index (χ0) is 9.84. The van der Waals surface area contributed by atoms with Crippen molar-refractivity contribution in [1.29, 1.82) is 0 Å². The van der Waals surface area contributed by atoms with Gasteiger partial charge < -0.3 is 0 Å². The van der Waals surface area contributed by atoms with E-state index < -0.39 is 0 Å². The molecule has 0 heterocycles. The Morgan fingerprint density at radius 1 is 1.23 bits per heavy atom. The molecule has 0 atom stereocenters. The summed E-state index contributed by atoms with van der Waals surface area (Å²) < 4.78 is 0. The second-order valence-corrected chi connectivity index (χ2v) is 4.68. The van der Waals surface area contributed by atoms with Gasteiger partial charge in [0.15, 0.2) is 0 Å². The summed E-state index contributed by atoms with van der Waals surface area (Å²) in [6, 6.07) is 0. The minimum absolute atomic E-state index is 0.403. The number of carbonyl (C=O) groups excluding carboxylic acids is 1. The van der Waals surface area contributed by atoms with E-state index in [9.17, 15) is 4.79 Å². The highest BCUT2D eigenvalue weighted by Gasteiger charge is 2.26. The van der Waals surface area contributed by atoms with Crippen LogP contribution in [0.3, 0.4) is 0 Å². The third-order valence-electron chi connectivity index (χ3n) is 3.52. The Morgan fingerprint density at radius 2 is 1.77 bits per heavy atom. The molecule has 0 aromatic carbocycles. The molecule has 0 saturated heterocycles. The molecular formula is C12H22O. The molecule has 0 radical (unpaired) electrons. The summed E-state index contributed by atoms with van der Waals surface area (Å²) in [6.45, 7) is 6.58. The molecule has 76 valence electrons. The van der Waals surface area contributed by atoms with Gasteiger partial charge in [0.05, 0.1) is 0 Å². The Morgan fingerprint density at radius 3 is 2.15 bits per heavy atom. The first-order chi connectivity index (χ1) is 6.15. The van der Waals surface area contributed by atoms with E-state index in [1.54, 1.807) is 0 Å². The van der Waals surface area contributed by atoms with Gasteiger partial charge in [-0.3, -0.25) is 4.79 Å². The van der Waals surface area contributed by atoms with Crippen molar-refractivity contribution in [3.05, 3.63) is 0 Å². The molecule has 1 saturated carbocycles. The Bertz CT molecular complexity index is 164. The minimum Gasteiger partial charge on any atom is -0.299 e. The number of hydrogen-bond acceptors (Lipinski definition) is 1. The molecule has 1 heteroatoms. The summed E-state index contributed by atoms with van der Waals surface area (Å²) in [7, 11) is 0. The van der Waals surface area contributed by atoms with Crippen LogP contribution in [-0.4, -0.2) is 5.78 Å². The van der Waals surface area contributed by atoms with Crippen molar-refractivity contribution in [1.82, 2.24) is 0 Å². The smallest absolute Gasteiger partial charge is 0.135 e. The Hall–Kier alpha value is -0.330. The number of Topliss-reactive ketones (excluding diaryl/α,β-unsaturated/α-hetero) is 1. The lowest BCUT2D eigenvalue weighted by Gasteiger charge is -2.29. The first-order valence-electron chi connectivity index (χ1n) is 5.67. The van der Waals surface area contributed by atoms with E-state index >= 15 is 0 Å². The first-order valence-corrected chi connectivity index (χ1v) is 5.67. The van der Waals surface area contributed by atoms with Gasteiger partial charge in [0, 0.05) is 12.3 Å². The fourth-order valence-electron chi connectivity index (χ4n) is 2.40. The molecule has 1 fully saturated rings. The lowest BCUT2D eigenvalue weighted by atomic mass is 9.75. The number of rotatable bonds is 3. The zero-order valence-corrected chi connectivity index (χ0v) is 9.18. The van der Waals surface area contributed by atoms with E-state index in [4.69, 9.17) is 0 Å². The van der Waals surface area contributed by atoms with Crippen molar-refractivity contribution in [2.75, 3.05) is 0 Å². The van der Waals surface area contributed by atoms with Crippen LogP contribution in [-0.2, 0) is 4.79 Å². The Kier molecular flexibility index (Phi) is 3.95. The van der Waals surface area contributed by atoms with E-state index in [1.807, 2.05) is 6.92 Å². The summed E-state index contributed by atoms with van der Waals surface area (Å²) in [4.78, 5) is 11.4. The van der Waals surface area contributed by atoms with Gasteiger partial charge in [0.1, 0.15) is 5.78 Å². The predicted molar refractivity (Wildman–Crippen MR) is 55.6 cm³/mol. The van der Waals surface area contributed by atoms with Crippen LogP contribution in [0.25, 0.3) is 0 Å². The highest BCUT2D eigenvalue weighted by atomic mass is 16.1. The van der Waals surface area contributed by atoms with Gasteiger partial charge in [-0.15, -0.1) is 0 Å². The molecule has 13 heavy (non-hydrogen) atoms. The van der Waals surface area contributed by atoms with Crippen molar-refractivity contribution < 1.29 is 4.79 Å². The molecule has 1 nitrogen and oxygen atoms in total. The fraction of sp³-hybridized carbons (Fsp3) is 0.917. The average Bonchev–Trinajstić information content (AvgIpc) is 2.17. The highest BCUT2D eigenvalue weighted by molar-refractivity contribution is 5.80. The molecule has 0 spiro atoms. The molecule has 0 bridgehead atoms. The van der Waals surface area contributed by atoms with Crippen LogP contribution >= 0.6 is 0 Å². The molecule has 1 rings (SSSR count). The number of ketones is 1. The van der Waals surface area contributed by atoms with E-state index in [0.29, 0.717) is 11.7 Å². The Balaban J connectivity index is 2.34. The van der Waals surface area contributed by atoms with Crippen molar-refractivity contribution in [3.63, 3.8) is 0 Å². The van der Waals surface area contributed by atoms with E-state index in [-0.39, 0.29) is 0 Å². The topological polar surface area (TPSA) is 17.1 Å². The SMILES string of the molecule is CCC(=O)C1CCC(C(C)C)CC1. The van der Waals surface area contributed by atoms with Crippen LogP contribution < -0.4 is 0 Å². The molecule has 0 aromatic rings. The lowest BCUT2D eigenvalue weighted by molar-refractivity contribution is -0.123. The molecule has 1 aliphatic carbocycles. The van der Waals surface area contributed by atoms with Crippen molar-refractivity contribution in [3.8, 4) is 0 Å². The molecular weight excluding hydrogens is 160 g/mol. The predicted octanol–water partition coefficient (Wildman–Crippen LogP) is 3.43.